The Hall–Kier alpha value is -3.72. The monoisotopic (exact) mass is 862 g/mol. The van der Waals surface area contributed by atoms with Crippen LogP contribution in [0.4, 0.5) is 8.78 Å². The second-order valence-electron chi connectivity index (χ2n) is 18.1. The number of nitrogens with one attached hydrogen (secondary N) is 4. The molecule has 0 fully saturated rings. The van der Waals surface area contributed by atoms with Gasteiger partial charge in [-0.15, -0.1) is 0 Å². The van der Waals surface area contributed by atoms with Crippen molar-refractivity contribution in [3.8, 4) is 0 Å². The lowest BCUT2D eigenvalue weighted by Crippen LogP contribution is -2.61. The molecule has 7 atom stereocenters. The summed E-state index contributed by atoms with van der Waals surface area (Å²) in [5.41, 5.74) is 0.230. The molecular formula is C47H77F2N5O7. The average Bonchev–Trinajstić information content (AvgIpc) is 3.17. The number of benzene rings is 1. The van der Waals surface area contributed by atoms with Gasteiger partial charge in [0.05, 0.1) is 29.3 Å². The average molecular weight is 862 g/mol. The summed E-state index contributed by atoms with van der Waals surface area (Å²) < 4.78 is 28.1. The third-order valence-electron chi connectivity index (χ3n) is 11.7. The standard InChI is InChI=1S/C47H77F2N5O7/c1-11-36(23-21-30(2)3)44(60)52-46(9,33(7)56)25-19-17-15-13-12-14-16-18-20-26-47(10,34(8)57)53-45(61)40(29-35-22-24-37(48)38(49)28-35)51-39(27-31(4)5)42(58)43(59)41(54-50)32(6)55/h13,15,22,24,28,30-32,36,39-41,51,54-55H,11-12,14,16-21,23,25-27,29,50H2,1-10H3,(H,52,60)(H,53,61)/b15-13+/t32-,36+,39+,40+,41+,46+,47-/m1/s1. The minimum absolute atomic E-state index is 0.0501. The number of aliphatic hydroxyl groups excluding tert-OH is 1. The molecule has 0 unspecified atom stereocenters. The summed E-state index contributed by atoms with van der Waals surface area (Å²) in [6.45, 7) is 17.6. The Morgan fingerprint density at radius 3 is 1.80 bits per heavy atom. The zero-order chi connectivity index (χ0) is 46.5. The van der Waals surface area contributed by atoms with E-state index >= 15 is 0 Å². The van der Waals surface area contributed by atoms with Crippen LogP contribution in [0, 0.1) is 29.4 Å². The van der Waals surface area contributed by atoms with Crippen LogP contribution in [0.3, 0.4) is 0 Å². The molecule has 0 saturated heterocycles. The van der Waals surface area contributed by atoms with Gasteiger partial charge in [-0.05, 0) is 128 Å². The first kappa shape index (κ1) is 55.3. The molecule has 0 spiro atoms. The van der Waals surface area contributed by atoms with E-state index in [1.165, 1.54) is 26.8 Å². The Morgan fingerprint density at radius 1 is 0.738 bits per heavy atom. The van der Waals surface area contributed by atoms with E-state index in [2.05, 4.69) is 47.4 Å². The first-order chi connectivity index (χ1) is 28.5. The Kier molecular flexibility index (Phi) is 24.8. The van der Waals surface area contributed by atoms with Crippen molar-refractivity contribution in [2.45, 2.75) is 194 Å². The van der Waals surface area contributed by atoms with Gasteiger partial charge in [0.1, 0.15) is 6.04 Å². The van der Waals surface area contributed by atoms with Gasteiger partial charge in [-0.3, -0.25) is 39.9 Å². The van der Waals surface area contributed by atoms with Gasteiger partial charge >= 0.3 is 0 Å². The highest BCUT2D eigenvalue weighted by Gasteiger charge is 2.38. The summed E-state index contributed by atoms with van der Waals surface area (Å²) in [7, 11) is 0. The largest absolute Gasteiger partial charge is 0.391 e. The fourth-order valence-corrected chi connectivity index (χ4v) is 7.20. The minimum atomic E-state index is -1.39. The second kappa shape index (κ2) is 27.4. The van der Waals surface area contributed by atoms with Crippen LogP contribution >= 0.6 is 0 Å². The first-order valence-electron chi connectivity index (χ1n) is 22.2. The number of hydrogen-bond donors (Lipinski definition) is 6. The molecule has 0 aliphatic heterocycles. The number of nitrogens with two attached hydrogens (primary N) is 1. The minimum Gasteiger partial charge on any atom is -0.391 e. The van der Waals surface area contributed by atoms with Gasteiger partial charge in [0.2, 0.25) is 23.4 Å². The molecule has 0 heterocycles. The van der Waals surface area contributed by atoms with Crippen molar-refractivity contribution in [2.24, 2.45) is 23.6 Å². The molecule has 346 valence electrons. The van der Waals surface area contributed by atoms with Crippen LogP contribution < -0.4 is 27.2 Å². The SMILES string of the molecule is CC[C@@H](CCC(C)C)C(=O)N[C@@](C)(CCC/C=C/CCCCCC[C@@](C)(NC(=O)[C@H](Cc1ccc(F)c(F)c1)N[C@@H](CC(C)C)C(=O)C(=O)[C@@H](NN)[C@@H](C)O)C(C)=O)C(C)=O. The molecule has 7 N–H and O–H groups in total. The summed E-state index contributed by atoms with van der Waals surface area (Å²) in [6.07, 6.45) is 11.9. The van der Waals surface area contributed by atoms with Crippen LogP contribution in [0.5, 0.6) is 0 Å². The Morgan fingerprint density at radius 2 is 1.30 bits per heavy atom. The van der Waals surface area contributed by atoms with Crippen LogP contribution in [0.2, 0.25) is 0 Å². The number of hydrogen-bond acceptors (Lipinski definition) is 10. The molecule has 1 rings (SSSR count). The number of carbonyl (C=O) groups excluding carboxylic acids is 6. The van der Waals surface area contributed by atoms with Gasteiger partial charge in [0.25, 0.3) is 0 Å². The van der Waals surface area contributed by atoms with Crippen molar-refractivity contribution in [2.75, 3.05) is 0 Å². The summed E-state index contributed by atoms with van der Waals surface area (Å²) >= 11 is 0. The third kappa shape index (κ3) is 19.5. The second-order valence-corrected chi connectivity index (χ2v) is 18.1. The molecule has 12 nitrogen and oxygen atoms in total. The van der Waals surface area contributed by atoms with Crippen LogP contribution in [0.15, 0.2) is 30.4 Å². The van der Waals surface area contributed by atoms with Crippen LogP contribution in [0.1, 0.15) is 158 Å². The highest BCUT2D eigenvalue weighted by Crippen LogP contribution is 2.22. The van der Waals surface area contributed by atoms with Gasteiger partial charge in [-0.25, -0.2) is 14.2 Å². The highest BCUT2D eigenvalue weighted by molar-refractivity contribution is 6.41. The zero-order valence-corrected chi connectivity index (χ0v) is 38.6. The summed E-state index contributed by atoms with van der Waals surface area (Å²) in [4.78, 5) is 79.2. The molecule has 0 bridgehead atoms. The first-order valence-corrected chi connectivity index (χ1v) is 22.2. The van der Waals surface area contributed by atoms with Crippen molar-refractivity contribution in [1.82, 2.24) is 21.4 Å². The molecule has 0 aliphatic carbocycles. The number of aliphatic hydroxyl groups is 1. The number of amides is 2. The van der Waals surface area contributed by atoms with E-state index < -0.39 is 64.4 Å². The van der Waals surface area contributed by atoms with Gasteiger partial charge in [-0.2, -0.15) is 0 Å². The van der Waals surface area contributed by atoms with E-state index in [-0.39, 0.29) is 47.7 Å². The Bertz CT molecular complexity index is 1620. The number of Topliss-reactive ketones (excluding diaryl/α,β-unsaturated/α-hetero) is 4. The van der Waals surface area contributed by atoms with E-state index in [0.29, 0.717) is 25.2 Å². The predicted molar refractivity (Wildman–Crippen MR) is 236 cm³/mol. The summed E-state index contributed by atoms with van der Waals surface area (Å²) in [6, 6.07) is -0.634. The molecule has 0 radical (unpaired) electrons. The fourth-order valence-electron chi connectivity index (χ4n) is 7.20. The lowest BCUT2D eigenvalue weighted by Gasteiger charge is -2.32. The normalized spacial score (nSPS) is 16.3. The molecule has 0 saturated carbocycles. The lowest BCUT2D eigenvalue weighted by atomic mass is 9.88. The summed E-state index contributed by atoms with van der Waals surface area (Å²) in [5.74, 6) is 0.593. The van der Waals surface area contributed by atoms with Gasteiger partial charge in [0, 0.05) is 5.92 Å². The lowest BCUT2D eigenvalue weighted by molar-refractivity contribution is -0.141. The van der Waals surface area contributed by atoms with Crippen molar-refractivity contribution >= 4 is 34.9 Å². The predicted octanol–water partition coefficient (Wildman–Crippen LogP) is 6.69. The summed E-state index contributed by atoms with van der Waals surface area (Å²) in [5, 5.41) is 18.9. The maximum atomic E-state index is 14.3. The van der Waals surface area contributed by atoms with Crippen molar-refractivity contribution in [3.05, 3.63) is 47.5 Å². The molecule has 1 aromatic carbocycles. The van der Waals surface area contributed by atoms with Gasteiger partial charge in [0.15, 0.2) is 23.2 Å². The van der Waals surface area contributed by atoms with Gasteiger partial charge in [-0.1, -0.05) is 78.5 Å². The van der Waals surface area contributed by atoms with Crippen LogP contribution in [0.25, 0.3) is 0 Å². The molecule has 1 aromatic rings. The third-order valence-corrected chi connectivity index (χ3v) is 11.7. The van der Waals surface area contributed by atoms with E-state index in [0.717, 1.165) is 69.9 Å². The number of unbranched alkanes of at least 4 members (excludes halogenated alkanes) is 5. The number of carbonyl (C=O) groups is 6. The van der Waals surface area contributed by atoms with Crippen molar-refractivity contribution in [3.63, 3.8) is 0 Å². The van der Waals surface area contributed by atoms with E-state index in [9.17, 15) is 42.7 Å². The molecular weight excluding hydrogens is 785 g/mol. The number of ketones is 4. The van der Waals surface area contributed by atoms with Crippen LogP contribution in [-0.2, 0) is 35.2 Å². The Labute approximate surface area is 363 Å². The van der Waals surface area contributed by atoms with Crippen LogP contribution in [-0.4, -0.2) is 75.4 Å². The Balaban J connectivity index is 2.89. The van der Waals surface area contributed by atoms with Gasteiger partial charge < -0.3 is 15.7 Å². The highest BCUT2D eigenvalue weighted by atomic mass is 19.2. The number of rotatable bonds is 32. The molecule has 0 aliphatic rings. The molecule has 2 amide bonds. The molecule has 61 heavy (non-hydrogen) atoms. The molecule has 0 aromatic heterocycles. The quantitative estimate of drug-likeness (QED) is 0.0149. The van der Waals surface area contributed by atoms with E-state index in [4.69, 9.17) is 5.84 Å². The topological polar surface area (TPSA) is 197 Å². The van der Waals surface area contributed by atoms with Crippen molar-refractivity contribution in [1.29, 1.82) is 0 Å². The number of halogens is 2. The maximum absolute atomic E-state index is 14.3. The van der Waals surface area contributed by atoms with Crippen molar-refractivity contribution < 1.29 is 42.7 Å². The van der Waals surface area contributed by atoms with E-state index in [1.807, 2.05) is 27.7 Å². The fraction of sp³-hybridized carbons (Fsp3) is 0.702. The van der Waals surface area contributed by atoms with E-state index in [1.54, 1.807) is 6.92 Å². The zero-order valence-electron chi connectivity index (χ0n) is 38.6. The maximum Gasteiger partial charge on any atom is 0.238 e. The smallest absolute Gasteiger partial charge is 0.238 e. The number of hydrazine groups is 1. The number of allylic oxidation sites excluding steroid dienone is 2. The molecule has 14 heteroatoms.